The lowest BCUT2D eigenvalue weighted by molar-refractivity contribution is -0.137. The molecule has 0 radical (unpaired) electrons. The van der Waals surface area contributed by atoms with Crippen LogP contribution in [0.4, 0.5) is 0 Å². The second kappa shape index (κ2) is 11.0. The van der Waals surface area contributed by atoms with Crippen molar-refractivity contribution in [1.29, 1.82) is 0 Å². The smallest absolute Gasteiger partial charge is 0.330 e. The average Bonchev–Trinajstić information content (AvgIpc) is 2.79. The van der Waals surface area contributed by atoms with Gasteiger partial charge in [-0.1, -0.05) is 41.9 Å². The number of hydrogen-bond donors (Lipinski definition) is 1. The molecule has 32 heavy (non-hydrogen) atoms. The monoisotopic (exact) mass is 470 g/mol. The first kappa shape index (κ1) is 23.7. The van der Waals surface area contributed by atoms with Crippen molar-refractivity contribution in [2.24, 2.45) is 0 Å². The standard InChI is InChI=1S/C24H23ClN2O4S/c1-2-31-24(28)14-9-18-5-7-19(8-6-18)16-23(20-4-3-15-26-17-20)27-32(29,30)22-12-10-21(25)11-13-22/h3-15,17,23,27H,2,16H2,1H3/b14-9+. The summed E-state index contributed by atoms with van der Waals surface area (Å²) < 4.78 is 33.5. The maximum Gasteiger partial charge on any atom is 0.330 e. The zero-order valence-electron chi connectivity index (χ0n) is 17.4. The van der Waals surface area contributed by atoms with Crippen LogP contribution in [0.5, 0.6) is 0 Å². The Balaban J connectivity index is 1.80. The van der Waals surface area contributed by atoms with E-state index in [9.17, 15) is 13.2 Å². The molecule has 0 aliphatic carbocycles. The molecule has 3 aromatic rings. The molecule has 0 aliphatic heterocycles. The second-order valence-electron chi connectivity index (χ2n) is 6.95. The molecular weight excluding hydrogens is 448 g/mol. The summed E-state index contributed by atoms with van der Waals surface area (Å²) >= 11 is 5.88. The van der Waals surface area contributed by atoms with Crippen molar-refractivity contribution in [1.82, 2.24) is 9.71 Å². The van der Waals surface area contributed by atoms with Crippen LogP contribution < -0.4 is 4.72 Å². The van der Waals surface area contributed by atoms with E-state index in [-0.39, 0.29) is 4.90 Å². The van der Waals surface area contributed by atoms with E-state index >= 15 is 0 Å². The van der Waals surface area contributed by atoms with Crippen LogP contribution in [0.2, 0.25) is 5.02 Å². The number of rotatable bonds is 9. The van der Waals surface area contributed by atoms with Gasteiger partial charge < -0.3 is 4.74 Å². The van der Waals surface area contributed by atoms with Gasteiger partial charge in [-0.25, -0.2) is 17.9 Å². The van der Waals surface area contributed by atoms with E-state index in [2.05, 4.69) is 9.71 Å². The first-order chi connectivity index (χ1) is 15.4. The summed E-state index contributed by atoms with van der Waals surface area (Å²) in [6.45, 7) is 2.07. The Morgan fingerprint density at radius 3 is 2.47 bits per heavy atom. The molecule has 1 aromatic heterocycles. The molecule has 8 heteroatoms. The molecule has 0 amide bonds. The summed E-state index contributed by atoms with van der Waals surface area (Å²) in [5.74, 6) is -0.398. The molecule has 0 saturated heterocycles. The Morgan fingerprint density at radius 1 is 1.12 bits per heavy atom. The van der Waals surface area contributed by atoms with Crippen molar-refractivity contribution >= 4 is 33.7 Å². The lowest BCUT2D eigenvalue weighted by Crippen LogP contribution is -2.30. The van der Waals surface area contributed by atoms with Crippen LogP contribution in [-0.2, 0) is 26.0 Å². The van der Waals surface area contributed by atoms with Gasteiger partial charge in [-0.05, 0) is 66.4 Å². The van der Waals surface area contributed by atoms with Gasteiger partial charge in [0.25, 0.3) is 0 Å². The number of carbonyl (C=O) groups is 1. The van der Waals surface area contributed by atoms with Gasteiger partial charge >= 0.3 is 5.97 Å². The molecule has 1 atom stereocenters. The molecule has 1 unspecified atom stereocenters. The average molecular weight is 471 g/mol. The fourth-order valence-corrected chi connectivity index (χ4v) is 4.38. The predicted molar refractivity (Wildman–Crippen MR) is 125 cm³/mol. The molecule has 0 bridgehead atoms. The Bertz CT molecular complexity index is 1160. The van der Waals surface area contributed by atoms with Crippen molar-refractivity contribution in [3.05, 3.63) is 101 Å². The zero-order chi connectivity index (χ0) is 23.0. The van der Waals surface area contributed by atoms with Crippen LogP contribution in [0.25, 0.3) is 6.08 Å². The van der Waals surface area contributed by atoms with Crippen LogP contribution in [0.15, 0.2) is 84.0 Å². The minimum atomic E-state index is -3.78. The SMILES string of the molecule is CCOC(=O)/C=C/c1ccc(CC(NS(=O)(=O)c2ccc(Cl)cc2)c2cccnc2)cc1. The molecule has 0 fully saturated rings. The van der Waals surface area contributed by atoms with Crippen LogP contribution in [0, 0.1) is 0 Å². The fraction of sp³-hybridized carbons (Fsp3) is 0.167. The highest BCUT2D eigenvalue weighted by Crippen LogP contribution is 2.22. The number of ether oxygens (including phenoxy) is 1. The van der Waals surface area contributed by atoms with E-state index in [1.807, 2.05) is 30.3 Å². The number of sulfonamides is 1. The summed E-state index contributed by atoms with van der Waals surface area (Å²) in [6, 6.07) is 16.6. The number of nitrogens with one attached hydrogen (secondary N) is 1. The van der Waals surface area contributed by atoms with Crippen molar-refractivity contribution in [3.63, 3.8) is 0 Å². The van der Waals surface area contributed by atoms with Crippen molar-refractivity contribution in [2.45, 2.75) is 24.3 Å². The van der Waals surface area contributed by atoms with E-state index in [4.69, 9.17) is 16.3 Å². The Morgan fingerprint density at radius 2 is 1.84 bits per heavy atom. The minimum Gasteiger partial charge on any atom is -0.463 e. The molecule has 1 N–H and O–H groups in total. The number of hydrogen-bond acceptors (Lipinski definition) is 5. The molecule has 1 heterocycles. The van der Waals surface area contributed by atoms with E-state index in [0.29, 0.717) is 18.1 Å². The number of halogens is 1. The number of benzene rings is 2. The lowest BCUT2D eigenvalue weighted by Gasteiger charge is -2.19. The molecular formula is C24H23ClN2O4S. The molecule has 166 valence electrons. The van der Waals surface area contributed by atoms with Crippen molar-refractivity contribution in [3.8, 4) is 0 Å². The van der Waals surface area contributed by atoms with Crippen LogP contribution in [-0.4, -0.2) is 26.0 Å². The van der Waals surface area contributed by atoms with Crippen LogP contribution in [0.3, 0.4) is 0 Å². The van der Waals surface area contributed by atoms with Crippen LogP contribution in [0.1, 0.15) is 29.7 Å². The molecule has 2 aromatic carbocycles. The van der Waals surface area contributed by atoms with Gasteiger partial charge in [-0.15, -0.1) is 0 Å². The Hall–Kier alpha value is -3.00. The summed E-state index contributed by atoms with van der Waals surface area (Å²) in [5, 5.41) is 0.463. The number of aromatic nitrogens is 1. The van der Waals surface area contributed by atoms with Gasteiger partial charge in [-0.3, -0.25) is 4.98 Å². The van der Waals surface area contributed by atoms with Gasteiger partial charge in [0.2, 0.25) is 10.0 Å². The quantitative estimate of drug-likeness (QED) is 0.365. The molecule has 3 rings (SSSR count). The third-order valence-electron chi connectivity index (χ3n) is 4.63. The third-order valence-corrected chi connectivity index (χ3v) is 6.37. The normalized spacial score (nSPS) is 12.6. The number of pyridine rings is 1. The number of esters is 1. The summed E-state index contributed by atoms with van der Waals surface area (Å²) in [5.41, 5.74) is 2.50. The molecule has 0 spiro atoms. The topological polar surface area (TPSA) is 85.4 Å². The minimum absolute atomic E-state index is 0.134. The maximum atomic E-state index is 12.9. The van der Waals surface area contributed by atoms with Crippen LogP contribution >= 0.6 is 11.6 Å². The first-order valence-corrected chi connectivity index (χ1v) is 11.8. The van der Waals surface area contributed by atoms with E-state index in [1.54, 1.807) is 31.5 Å². The first-order valence-electron chi connectivity index (χ1n) is 9.99. The fourth-order valence-electron chi connectivity index (χ4n) is 3.03. The Kier molecular flexibility index (Phi) is 8.16. The highest BCUT2D eigenvalue weighted by atomic mass is 35.5. The summed E-state index contributed by atoms with van der Waals surface area (Å²) in [4.78, 5) is 15.7. The van der Waals surface area contributed by atoms with E-state index < -0.39 is 22.0 Å². The van der Waals surface area contributed by atoms with Gasteiger partial charge in [0.1, 0.15) is 0 Å². The largest absolute Gasteiger partial charge is 0.463 e. The summed E-state index contributed by atoms with van der Waals surface area (Å²) in [6.07, 6.45) is 6.74. The molecule has 6 nitrogen and oxygen atoms in total. The highest BCUT2D eigenvalue weighted by molar-refractivity contribution is 7.89. The van der Waals surface area contributed by atoms with E-state index in [0.717, 1.165) is 16.7 Å². The van der Waals surface area contributed by atoms with Gasteiger partial charge in [0.05, 0.1) is 17.5 Å². The van der Waals surface area contributed by atoms with Gasteiger partial charge in [0, 0.05) is 23.5 Å². The van der Waals surface area contributed by atoms with Crippen molar-refractivity contribution < 1.29 is 17.9 Å². The van der Waals surface area contributed by atoms with Gasteiger partial charge in [-0.2, -0.15) is 0 Å². The summed E-state index contributed by atoms with van der Waals surface area (Å²) in [7, 11) is -3.78. The second-order valence-corrected chi connectivity index (χ2v) is 9.10. The molecule has 0 aliphatic rings. The van der Waals surface area contributed by atoms with Gasteiger partial charge in [0.15, 0.2) is 0 Å². The predicted octanol–water partition coefficient (Wildman–Crippen LogP) is 4.57. The zero-order valence-corrected chi connectivity index (χ0v) is 19.0. The highest BCUT2D eigenvalue weighted by Gasteiger charge is 2.22. The number of nitrogens with zero attached hydrogens (tertiary/aromatic N) is 1. The third kappa shape index (κ3) is 6.75. The number of carbonyl (C=O) groups excluding carboxylic acids is 1. The molecule has 0 saturated carbocycles. The maximum absolute atomic E-state index is 12.9. The van der Waals surface area contributed by atoms with Crippen molar-refractivity contribution in [2.75, 3.05) is 6.61 Å². The van der Waals surface area contributed by atoms with E-state index in [1.165, 1.54) is 30.3 Å². The Labute approximate surface area is 193 Å². The lowest BCUT2D eigenvalue weighted by atomic mass is 10.00.